The van der Waals surface area contributed by atoms with Gasteiger partial charge in [0.05, 0.1) is 38.5 Å². The van der Waals surface area contributed by atoms with Gasteiger partial charge in [-0.05, 0) is 12.1 Å². The van der Waals surface area contributed by atoms with E-state index in [4.69, 9.17) is 9.47 Å². The van der Waals surface area contributed by atoms with Crippen molar-refractivity contribution in [1.82, 2.24) is 4.98 Å². The summed E-state index contributed by atoms with van der Waals surface area (Å²) in [6.07, 6.45) is 0. The van der Waals surface area contributed by atoms with E-state index in [-0.39, 0.29) is 23.4 Å². The van der Waals surface area contributed by atoms with E-state index in [9.17, 15) is 9.59 Å². The predicted octanol–water partition coefficient (Wildman–Crippen LogP) is 2.67. The molecule has 0 unspecified atom stereocenters. The monoisotopic (exact) mass is 382 g/mol. The fourth-order valence-corrected chi connectivity index (χ4v) is 3.28. The number of carbonyl (C=O) groups excluding carboxylic acids is 2. The number of rotatable bonds is 8. The topological polar surface area (TPSA) is 86.8 Å². The van der Waals surface area contributed by atoms with Gasteiger partial charge in [-0.25, -0.2) is 4.98 Å². The number of methoxy groups -OCH3 is 3. The molecule has 1 heterocycles. The van der Waals surface area contributed by atoms with Crippen LogP contribution < -0.4 is 14.8 Å². The molecule has 2 rings (SSSR count). The second-order valence-corrected chi connectivity index (χ2v) is 6.56. The summed E-state index contributed by atoms with van der Waals surface area (Å²) >= 11 is 2.50. The fourth-order valence-electron chi connectivity index (χ4n) is 1.91. The minimum Gasteiger partial charge on any atom is -0.497 e. The van der Waals surface area contributed by atoms with E-state index in [1.165, 1.54) is 30.2 Å². The van der Waals surface area contributed by atoms with Crippen molar-refractivity contribution >= 4 is 40.1 Å². The maximum atomic E-state index is 11.9. The summed E-state index contributed by atoms with van der Waals surface area (Å²) in [7, 11) is 4.47. The smallest absolute Gasteiger partial charge is 0.315 e. The molecule has 7 nitrogen and oxygen atoms in total. The van der Waals surface area contributed by atoms with Crippen LogP contribution in [0.1, 0.15) is 0 Å². The molecule has 1 aromatic heterocycles. The van der Waals surface area contributed by atoms with E-state index in [1.807, 2.05) is 17.5 Å². The molecule has 0 aliphatic heterocycles. The van der Waals surface area contributed by atoms with E-state index >= 15 is 0 Å². The van der Waals surface area contributed by atoms with Crippen molar-refractivity contribution in [3.8, 4) is 22.8 Å². The molecule has 9 heteroatoms. The number of ether oxygens (including phenoxy) is 3. The number of thioether (sulfide) groups is 1. The first-order chi connectivity index (χ1) is 12.1. The molecule has 2 aromatic rings. The molecule has 1 amide bonds. The minimum atomic E-state index is -0.360. The van der Waals surface area contributed by atoms with Gasteiger partial charge in [0.1, 0.15) is 11.5 Å². The average Bonchev–Trinajstić information content (AvgIpc) is 3.08. The Balaban J connectivity index is 2.00. The number of hydrogen-bond acceptors (Lipinski definition) is 8. The molecule has 0 aliphatic carbocycles. The number of thiazole rings is 1. The normalized spacial score (nSPS) is 10.2. The highest BCUT2D eigenvalue weighted by atomic mass is 32.2. The lowest BCUT2D eigenvalue weighted by Gasteiger charge is -2.08. The van der Waals surface area contributed by atoms with Gasteiger partial charge in [0.2, 0.25) is 5.91 Å². The molecule has 1 N–H and O–H groups in total. The van der Waals surface area contributed by atoms with Crippen molar-refractivity contribution in [2.45, 2.75) is 0 Å². The molecule has 0 bridgehead atoms. The zero-order valence-corrected chi connectivity index (χ0v) is 15.7. The molecule has 0 saturated heterocycles. The lowest BCUT2D eigenvalue weighted by Crippen LogP contribution is -2.15. The van der Waals surface area contributed by atoms with Crippen molar-refractivity contribution in [2.24, 2.45) is 0 Å². The standard InChI is InChI=1S/C16H18N2O5S2/c1-21-10-4-5-11(13(6-10)22-2)12-7-25-16(17-12)18-14(19)8-24-9-15(20)23-3/h4-7H,8-9H2,1-3H3,(H,17,18,19). The summed E-state index contributed by atoms with van der Waals surface area (Å²) in [5.74, 6) is 1.02. The van der Waals surface area contributed by atoms with Crippen molar-refractivity contribution in [1.29, 1.82) is 0 Å². The Labute approximate surface area is 153 Å². The Morgan fingerprint density at radius 3 is 2.68 bits per heavy atom. The van der Waals surface area contributed by atoms with E-state index in [0.29, 0.717) is 22.3 Å². The van der Waals surface area contributed by atoms with Crippen LogP contribution in [0.25, 0.3) is 11.3 Å². The molecular formula is C16H18N2O5S2. The fraction of sp³-hybridized carbons (Fsp3) is 0.312. The number of carbonyl (C=O) groups is 2. The number of nitrogens with one attached hydrogen (secondary N) is 1. The number of nitrogens with zero attached hydrogens (tertiary/aromatic N) is 1. The van der Waals surface area contributed by atoms with Crippen LogP contribution in [0.2, 0.25) is 0 Å². The first-order valence-corrected chi connectivity index (χ1v) is 9.23. The van der Waals surface area contributed by atoms with Gasteiger partial charge < -0.3 is 19.5 Å². The Kier molecular flexibility index (Phi) is 7.08. The van der Waals surface area contributed by atoms with Gasteiger partial charge in [-0.2, -0.15) is 0 Å². The van der Waals surface area contributed by atoms with E-state index in [1.54, 1.807) is 20.3 Å². The van der Waals surface area contributed by atoms with Crippen molar-refractivity contribution in [3.05, 3.63) is 23.6 Å². The Hall–Kier alpha value is -2.26. The summed E-state index contributed by atoms with van der Waals surface area (Å²) in [5.41, 5.74) is 1.50. The number of esters is 1. The molecule has 0 aliphatic rings. The largest absolute Gasteiger partial charge is 0.497 e. The Morgan fingerprint density at radius 1 is 1.20 bits per heavy atom. The van der Waals surface area contributed by atoms with Gasteiger partial charge in [-0.3, -0.25) is 9.59 Å². The lowest BCUT2D eigenvalue weighted by atomic mass is 10.1. The third kappa shape index (κ3) is 5.36. The molecule has 0 saturated carbocycles. The quantitative estimate of drug-likeness (QED) is 0.702. The molecule has 1 aromatic carbocycles. The first-order valence-electron chi connectivity index (χ1n) is 7.19. The second-order valence-electron chi connectivity index (χ2n) is 4.72. The second kappa shape index (κ2) is 9.28. The summed E-state index contributed by atoms with van der Waals surface area (Å²) < 4.78 is 15.1. The predicted molar refractivity (Wildman–Crippen MR) is 98.6 cm³/mol. The van der Waals surface area contributed by atoms with E-state index in [2.05, 4.69) is 15.0 Å². The van der Waals surface area contributed by atoms with Crippen LogP contribution in [0.3, 0.4) is 0 Å². The van der Waals surface area contributed by atoms with Crippen molar-refractivity contribution < 1.29 is 23.8 Å². The number of anilines is 1. The molecule has 25 heavy (non-hydrogen) atoms. The summed E-state index contributed by atoms with van der Waals surface area (Å²) in [5, 5.41) is 5.03. The van der Waals surface area contributed by atoms with Gasteiger partial charge in [-0.1, -0.05) is 0 Å². The maximum Gasteiger partial charge on any atom is 0.315 e. The number of hydrogen-bond donors (Lipinski definition) is 1. The maximum absolute atomic E-state index is 11.9. The zero-order chi connectivity index (χ0) is 18.2. The average molecular weight is 382 g/mol. The highest BCUT2D eigenvalue weighted by Gasteiger charge is 2.13. The van der Waals surface area contributed by atoms with E-state index in [0.717, 1.165) is 5.56 Å². The number of aromatic nitrogens is 1. The summed E-state index contributed by atoms with van der Waals surface area (Å²) in [6, 6.07) is 5.44. The SMILES string of the molecule is COC(=O)CSCC(=O)Nc1nc(-c2ccc(OC)cc2OC)cs1. The molecule has 0 atom stereocenters. The van der Waals surface area contributed by atoms with Gasteiger partial charge >= 0.3 is 5.97 Å². The summed E-state index contributed by atoms with van der Waals surface area (Å²) in [6.45, 7) is 0. The van der Waals surface area contributed by atoms with Gasteiger partial charge in [0.15, 0.2) is 5.13 Å². The Bertz CT molecular complexity index is 748. The number of amides is 1. The number of benzene rings is 1. The van der Waals surface area contributed by atoms with Crippen LogP contribution >= 0.6 is 23.1 Å². The summed E-state index contributed by atoms with van der Waals surface area (Å²) in [4.78, 5) is 27.3. The third-order valence-corrected chi connectivity index (χ3v) is 4.78. The van der Waals surface area contributed by atoms with Crippen LogP contribution in [0.15, 0.2) is 23.6 Å². The highest BCUT2D eigenvalue weighted by Crippen LogP contribution is 2.34. The van der Waals surface area contributed by atoms with E-state index < -0.39 is 0 Å². The first kappa shape index (κ1) is 19.1. The minimum absolute atomic E-state index is 0.135. The third-order valence-electron chi connectivity index (χ3n) is 3.12. The zero-order valence-electron chi connectivity index (χ0n) is 14.0. The highest BCUT2D eigenvalue weighted by molar-refractivity contribution is 8.00. The van der Waals surface area contributed by atoms with Crippen LogP contribution in [-0.2, 0) is 14.3 Å². The molecule has 0 radical (unpaired) electrons. The molecule has 134 valence electrons. The molecule has 0 spiro atoms. The van der Waals surface area contributed by atoms with Crippen LogP contribution in [0, 0.1) is 0 Å². The van der Waals surface area contributed by atoms with Gasteiger partial charge in [-0.15, -0.1) is 23.1 Å². The van der Waals surface area contributed by atoms with Crippen LogP contribution in [0.5, 0.6) is 11.5 Å². The molecular weight excluding hydrogens is 364 g/mol. The van der Waals surface area contributed by atoms with Crippen molar-refractivity contribution in [2.75, 3.05) is 38.2 Å². The van der Waals surface area contributed by atoms with Gasteiger partial charge in [0, 0.05) is 17.0 Å². The van der Waals surface area contributed by atoms with Gasteiger partial charge in [0.25, 0.3) is 0 Å². The van der Waals surface area contributed by atoms with Crippen LogP contribution in [-0.4, -0.2) is 49.7 Å². The van der Waals surface area contributed by atoms with Crippen LogP contribution in [0.4, 0.5) is 5.13 Å². The lowest BCUT2D eigenvalue weighted by molar-refractivity contribution is -0.137. The van der Waals surface area contributed by atoms with Crippen molar-refractivity contribution in [3.63, 3.8) is 0 Å². The Morgan fingerprint density at radius 2 is 2.00 bits per heavy atom. The molecule has 0 fully saturated rings.